The molecule has 0 saturated carbocycles. The van der Waals surface area contributed by atoms with Crippen molar-refractivity contribution in [1.82, 2.24) is 0 Å². The Morgan fingerprint density at radius 1 is 0.833 bits per heavy atom. The van der Waals surface area contributed by atoms with Crippen LogP contribution in [0.25, 0.3) is 0 Å². The van der Waals surface area contributed by atoms with Crippen LogP contribution >= 0.6 is 0 Å². The quantitative estimate of drug-likeness (QED) is 0.300. The zero-order valence-electron chi connectivity index (χ0n) is 5.50. The van der Waals surface area contributed by atoms with Crippen LogP contribution in [0, 0.1) is 0 Å². The summed E-state index contributed by atoms with van der Waals surface area (Å²) >= 11 is 0. The molecule has 0 aliphatic carbocycles. The molecular weight excluding hydrogens is 135 g/mol. The van der Waals surface area contributed by atoms with Gasteiger partial charge in [0.2, 0.25) is 0 Å². The van der Waals surface area contributed by atoms with Crippen molar-refractivity contribution in [2.75, 3.05) is 0 Å². The summed E-state index contributed by atoms with van der Waals surface area (Å²) < 4.78 is 0. The van der Waals surface area contributed by atoms with Crippen LogP contribution in [0.4, 0.5) is 0 Å². The van der Waals surface area contributed by atoms with Gasteiger partial charge in [-0.15, -0.1) is 0 Å². The zero-order chi connectivity index (χ0) is 0. The number of hydrogen-bond donors (Lipinski definition) is 0. The molecule has 6 heavy (non-hydrogen) atoms. The molecule has 0 aromatic rings. The van der Waals surface area contributed by atoms with Crippen LogP contribution in [0.1, 0.15) is 2.85 Å². The van der Waals surface area contributed by atoms with Gasteiger partial charge in [-0.25, -0.2) is 0 Å². The predicted molar refractivity (Wildman–Crippen MR) is 16.7 cm³/mol. The summed E-state index contributed by atoms with van der Waals surface area (Å²) in [6, 6.07) is 0. The second-order valence-electron chi connectivity index (χ2n) is 0. The molecule has 8 N–H and O–H groups in total. The first-order chi connectivity index (χ1) is 0. The molecule has 0 unspecified atom stereocenters. The fourth-order valence-electron chi connectivity index (χ4n) is 0. The van der Waals surface area contributed by atoms with Gasteiger partial charge in [-0.3, -0.25) is 0 Å². The van der Waals surface area contributed by atoms with Crippen molar-refractivity contribution in [2.45, 2.75) is 0 Å². The van der Waals surface area contributed by atoms with Gasteiger partial charge >= 0.3 is 31.0 Å². The average Bonchev–Trinajstić information content (AvgIpc) is 0. The third-order valence-electron chi connectivity index (χ3n) is 0. The zero-order valence-corrected chi connectivity index (χ0v) is 7.06. The summed E-state index contributed by atoms with van der Waals surface area (Å²) in [7, 11) is 0. The van der Waals surface area contributed by atoms with Crippen molar-refractivity contribution in [2.24, 2.45) is 0 Å². The van der Waals surface area contributed by atoms with Gasteiger partial charge in [0.1, 0.15) is 0 Å². The van der Waals surface area contributed by atoms with Gasteiger partial charge in [-0.05, 0) is 0 Å². The molecule has 0 rings (SSSR count). The van der Waals surface area contributed by atoms with Crippen LogP contribution in [0.15, 0.2) is 0 Å². The minimum absolute atomic E-state index is 0. The minimum Gasteiger partial charge on any atom is -1.00 e. The molecule has 0 heterocycles. The standard InChI is InChI=1S/Na.4H2O.Ti.H/h;4*1H2;;/q+1;;;;;;-1/p+1. The molecule has 0 spiro atoms. The smallest absolute Gasteiger partial charge is 1.00 e. The van der Waals surface area contributed by atoms with E-state index in [1.54, 1.807) is 0 Å². The fourth-order valence-corrected chi connectivity index (χ4v) is 0. The summed E-state index contributed by atoms with van der Waals surface area (Å²) in [5, 5.41) is 0. The Bertz CT molecular complexity index is 14.0. The monoisotopic (exact) mass is 145 g/mol. The normalized spacial score (nSPS) is 0. The van der Waals surface area contributed by atoms with E-state index in [2.05, 4.69) is 0 Å². The Balaban J connectivity index is 0. The van der Waals surface area contributed by atoms with Crippen molar-refractivity contribution >= 4 is 0 Å². The van der Waals surface area contributed by atoms with Gasteiger partial charge in [-0.2, -0.15) is 0 Å². The predicted octanol–water partition coefficient (Wildman–Crippen LogP) is -6.07. The molecule has 0 amide bonds. The Morgan fingerprint density at radius 3 is 0.833 bits per heavy atom. The van der Waals surface area contributed by atoms with Crippen LogP contribution < -0.4 is 29.6 Å². The van der Waals surface area contributed by atoms with E-state index < -0.39 is 0 Å². The summed E-state index contributed by atoms with van der Waals surface area (Å²) in [5.41, 5.74) is 0. The van der Waals surface area contributed by atoms with E-state index in [9.17, 15) is 0 Å². The van der Waals surface area contributed by atoms with E-state index in [0.717, 1.165) is 0 Å². The molecule has 0 aliphatic heterocycles. The van der Waals surface area contributed by atoms with Crippen LogP contribution in [0.3, 0.4) is 0 Å². The third-order valence-corrected chi connectivity index (χ3v) is 0. The van der Waals surface area contributed by atoms with E-state index in [4.69, 9.17) is 0 Å². The largest absolute Gasteiger partial charge is 1.00 e. The van der Waals surface area contributed by atoms with E-state index in [-0.39, 0.29) is 76.0 Å². The molecule has 38 valence electrons. The van der Waals surface area contributed by atoms with E-state index >= 15 is 0 Å². The SMILES string of the molecule is O.O.O.O.[H+].[H-].[Na+].[Ti]. The summed E-state index contributed by atoms with van der Waals surface area (Å²) in [5.74, 6) is 0. The molecular formula is H10NaO4Ti+. The van der Waals surface area contributed by atoms with Crippen molar-refractivity contribution in [1.29, 1.82) is 0 Å². The minimum atomic E-state index is 0. The summed E-state index contributed by atoms with van der Waals surface area (Å²) in [4.78, 5) is 0. The maximum Gasteiger partial charge on any atom is 1.00 e. The van der Waals surface area contributed by atoms with Crippen molar-refractivity contribution in [3.8, 4) is 0 Å². The van der Waals surface area contributed by atoms with Crippen molar-refractivity contribution < 1.29 is 76.0 Å². The molecule has 0 aromatic heterocycles. The Hall–Kier alpha value is 1.55. The van der Waals surface area contributed by atoms with Gasteiger partial charge in [-0.1, -0.05) is 0 Å². The molecule has 0 saturated heterocycles. The van der Waals surface area contributed by atoms with Crippen molar-refractivity contribution in [3.63, 3.8) is 0 Å². The van der Waals surface area contributed by atoms with E-state index in [1.165, 1.54) is 0 Å². The first kappa shape index (κ1) is 134. The molecule has 0 fully saturated rings. The van der Waals surface area contributed by atoms with Crippen molar-refractivity contribution in [3.05, 3.63) is 0 Å². The van der Waals surface area contributed by atoms with E-state index in [1.807, 2.05) is 0 Å². The maximum atomic E-state index is 0. The van der Waals surface area contributed by atoms with Gasteiger partial charge in [0.15, 0.2) is 0 Å². The van der Waals surface area contributed by atoms with E-state index in [0.29, 0.717) is 0 Å². The Labute approximate surface area is 75.7 Å². The molecule has 6 heteroatoms. The Kier molecular flexibility index (Phi) is 1870. The topological polar surface area (TPSA) is 126 Å². The third kappa shape index (κ3) is 47.7. The molecule has 0 atom stereocenters. The van der Waals surface area contributed by atoms with Gasteiger partial charge in [0.25, 0.3) is 0 Å². The second kappa shape index (κ2) is 83.7. The molecule has 0 aromatic carbocycles. The molecule has 0 radical (unpaired) electrons. The van der Waals surface area contributed by atoms with Crippen LogP contribution in [0.5, 0.6) is 0 Å². The van der Waals surface area contributed by atoms with Gasteiger partial charge in [0.05, 0.1) is 0 Å². The second-order valence-corrected chi connectivity index (χ2v) is 0. The Morgan fingerprint density at radius 2 is 0.833 bits per heavy atom. The summed E-state index contributed by atoms with van der Waals surface area (Å²) in [6.07, 6.45) is 0. The number of rotatable bonds is 0. The first-order valence-corrected chi connectivity index (χ1v) is 0. The number of hydrogen-bond acceptors (Lipinski definition) is 0. The molecule has 0 bridgehead atoms. The average molecular weight is 145 g/mol. The fraction of sp³-hybridized carbons (Fsp3) is 0. The summed E-state index contributed by atoms with van der Waals surface area (Å²) in [6.45, 7) is 0. The first-order valence-electron chi connectivity index (χ1n) is 0. The van der Waals surface area contributed by atoms with Gasteiger partial charge in [0, 0.05) is 21.7 Å². The van der Waals surface area contributed by atoms with Crippen LogP contribution in [-0.2, 0) is 21.7 Å². The van der Waals surface area contributed by atoms with Crippen LogP contribution in [0.2, 0.25) is 0 Å². The maximum absolute atomic E-state index is 0. The van der Waals surface area contributed by atoms with Gasteiger partial charge < -0.3 is 23.3 Å². The molecule has 0 aliphatic rings. The van der Waals surface area contributed by atoms with Crippen LogP contribution in [-0.4, -0.2) is 21.9 Å². The molecule has 4 nitrogen and oxygen atoms in total.